The fraction of sp³-hybridized carbons (Fsp3) is 0.333. The van der Waals surface area contributed by atoms with Crippen molar-refractivity contribution in [3.63, 3.8) is 0 Å². The molecule has 0 N–H and O–H groups in total. The molecule has 0 spiro atoms. The SMILES string of the molecule is CCCCCC/C(=C(\c1ccccc1)c1ccc(OCCN(C)C)cc1)c1ccccc1. The molecule has 0 aromatic heterocycles. The standard InChI is InChI=1S/C30H37NO/c1-4-5-6-13-18-29(25-14-9-7-10-15-25)30(26-16-11-8-12-17-26)27-19-21-28(22-20-27)32-24-23-31(2)3/h7-12,14-17,19-22H,4-6,13,18,23-24H2,1-3H3/b30-29-. The van der Waals surface area contributed by atoms with Gasteiger partial charge < -0.3 is 9.64 Å². The van der Waals surface area contributed by atoms with Crippen LogP contribution in [-0.2, 0) is 0 Å². The molecule has 3 aromatic rings. The van der Waals surface area contributed by atoms with Crippen LogP contribution in [0.3, 0.4) is 0 Å². The van der Waals surface area contributed by atoms with Crippen molar-refractivity contribution in [2.45, 2.75) is 39.0 Å². The van der Waals surface area contributed by atoms with E-state index >= 15 is 0 Å². The molecule has 0 heterocycles. The third-order valence-electron chi connectivity index (χ3n) is 5.72. The van der Waals surface area contributed by atoms with E-state index in [0.29, 0.717) is 6.61 Å². The quantitative estimate of drug-likeness (QED) is 0.218. The first kappa shape index (κ1) is 23.8. The topological polar surface area (TPSA) is 12.5 Å². The summed E-state index contributed by atoms with van der Waals surface area (Å²) in [5.41, 5.74) is 6.57. The molecule has 0 aliphatic heterocycles. The number of benzene rings is 3. The number of ether oxygens (including phenoxy) is 1. The Hall–Kier alpha value is -2.84. The summed E-state index contributed by atoms with van der Waals surface area (Å²) in [5.74, 6) is 0.923. The Kier molecular flexibility index (Phi) is 9.59. The maximum absolute atomic E-state index is 5.94. The molecule has 3 rings (SSSR count). The van der Waals surface area contributed by atoms with Crippen LogP contribution in [0.4, 0.5) is 0 Å². The number of likely N-dealkylation sites (N-methyl/N-ethyl adjacent to an activating group) is 1. The molecule has 0 fully saturated rings. The molecule has 32 heavy (non-hydrogen) atoms. The number of hydrogen-bond donors (Lipinski definition) is 0. The second kappa shape index (κ2) is 12.9. The van der Waals surface area contributed by atoms with Crippen LogP contribution in [0.2, 0.25) is 0 Å². The van der Waals surface area contributed by atoms with Gasteiger partial charge in [0.25, 0.3) is 0 Å². The van der Waals surface area contributed by atoms with Gasteiger partial charge >= 0.3 is 0 Å². The lowest BCUT2D eigenvalue weighted by molar-refractivity contribution is 0.261. The van der Waals surface area contributed by atoms with Gasteiger partial charge in [0, 0.05) is 6.54 Å². The van der Waals surface area contributed by atoms with Gasteiger partial charge in [-0.1, -0.05) is 99.0 Å². The van der Waals surface area contributed by atoms with Crippen molar-refractivity contribution < 1.29 is 4.74 Å². The average Bonchev–Trinajstić information content (AvgIpc) is 2.83. The summed E-state index contributed by atoms with van der Waals surface area (Å²) in [6, 6.07) is 30.3. The summed E-state index contributed by atoms with van der Waals surface area (Å²) in [7, 11) is 4.13. The minimum absolute atomic E-state index is 0.695. The molecule has 0 saturated carbocycles. The Morgan fingerprint density at radius 3 is 1.88 bits per heavy atom. The van der Waals surface area contributed by atoms with E-state index in [-0.39, 0.29) is 0 Å². The van der Waals surface area contributed by atoms with Gasteiger partial charge in [-0.2, -0.15) is 0 Å². The van der Waals surface area contributed by atoms with Gasteiger partial charge in [-0.25, -0.2) is 0 Å². The molecule has 3 aromatic carbocycles. The van der Waals surface area contributed by atoms with Gasteiger partial charge in [0.05, 0.1) is 0 Å². The second-order valence-electron chi connectivity index (χ2n) is 8.57. The highest BCUT2D eigenvalue weighted by molar-refractivity contribution is 5.98. The van der Waals surface area contributed by atoms with Crippen molar-refractivity contribution in [1.82, 2.24) is 4.90 Å². The highest BCUT2D eigenvalue weighted by atomic mass is 16.5. The number of hydrogen-bond acceptors (Lipinski definition) is 2. The zero-order valence-electron chi connectivity index (χ0n) is 19.9. The lowest BCUT2D eigenvalue weighted by atomic mass is 9.87. The summed E-state index contributed by atoms with van der Waals surface area (Å²) in [4.78, 5) is 2.13. The number of unbranched alkanes of at least 4 members (excludes halogenated alkanes) is 3. The Bertz CT molecular complexity index is 943. The van der Waals surface area contributed by atoms with Crippen LogP contribution in [0.25, 0.3) is 11.1 Å². The second-order valence-corrected chi connectivity index (χ2v) is 8.57. The van der Waals surface area contributed by atoms with Crippen molar-refractivity contribution >= 4 is 11.1 Å². The van der Waals surface area contributed by atoms with Crippen molar-refractivity contribution in [2.75, 3.05) is 27.2 Å². The maximum atomic E-state index is 5.94. The molecule has 168 valence electrons. The Balaban J connectivity index is 2.00. The van der Waals surface area contributed by atoms with Crippen LogP contribution in [0.1, 0.15) is 55.7 Å². The summed E-state index contributed by atoms with van der Waals surface area (Å²) in [6.07, 6.45) is 6.11. The normalized spacial score (nSPS) is 12.0. The molecule has 0 amide bonds. The lowest BCUT2D eigenvalue weighted by Crippen LogP contribution is -2.19. The van der Waals surface area contributed by atoms with Crippen LogP contribution in [-0.4, -0.2) is 32.1 Å². The predicted molar refractivity (Wildman–Crippen MR) is 138 cm³/mol. The minimum Gasteiger partial charge on any atom is -0.492 e. The molecular weight excluding hydrogens is 390 g/mol. The van der Waals surface area contributed by atoms with E-state index in [2.05, 4.69) is 111 Å². The molecular formula is C30H37NO. The summed E-state index contributed by atoms with van der Waals surface area (Å²) < 4.78 is 5.94. The molecule has 2 heteroatoms. The van der Waals surface area contributed by atoms with E-state index in [1.165, 1.54) is 53.5 Å². The monoisotopic (exact) mass is 427 g/mol. The van der Waals surface area contributed by atoms with Crippen LogP contribution < -0.4 is 4.74 Å². The molecule has 0 unspecified atom stereocenters. The van der Waals surface area contributed by atoms with Crippen LogP contribution in [0.5, 0.6) is 5.75 Å². The van der Waals surface area contributed by atoms with Gasteiger partial charge in [0.2, 0.25) is 0 Å². The van der Waals surface area contributed by atoms with Crippen LogP contribution >= 0.6 is 0 Å². The fourth-order valence-corrected chi connectivity index (χ4v) is 3.97. The van der Waals surface area contributed by atoms with E-state index in [1.807, 2.05) is 0 Å². The first-order valence-electron chi connectivity index (χ1n) is 11.9. The van der Waals surface area contributed by atoms with Crippen molar-refractivity contribution in [3.8, 4) is 5.75 Å². The Labute approximate surface area is 194 Å². The van der Waals surface area contributed by atoms with E-state index in [0.717, 1.165) is 18.7 Å². The van der Waals surface area contributed by atoms with Gasteiger partial charge in [0.1, 0.15) is 12.4 Å². The van der Waals surface area contributed by atoms with Gasteiger partial charge in [-0.15, -0.1) is 0 Å². The third kappa shape index (κ3) is 7.10. The minimum atomic E-state index is 0.695. The molecule has 0 saturated heterocycles. The van der Waals surface area contributed by atoms with E-state index in [1.54, 1.807) is 0 Å². The third-order valence-corrected chi connectivity index (χ3v) is 5.72. The highest BCUT2D eigenvalue weighted by Crippen LogP contribution is 2.36. The van der Waals surface area contributed by atoms with Crippen molar-refractivity contribution in [2.24, 2.45) is 0 Å². The van der Waals surface area contributed by atoms with E-state index < -0.39 is 0 Å². The molecule has 0 radical (unpaired) electrons. The van der Waals surface area contributed by atoms with Gasteiger partial charge in [-0.05, 0) is 66.9 Å². The van der Waals surface area contributed by atoms with Gasteiger partial charge in [0.15, 0.2) is 0 Å². The Morgan fingerprint density at radius 2 is 1.28 bits per heavy atom. The highest BCUT2D eigenvalue weighted by Gasteiger charge is 2.14. The van der Waals surface area contributed by atoms with E-state index in [4.69, 9.17) is 4.74 Å². The van der Waals surface area contributed by atoms with Crippen molar-refractivity contribution in [3.05, 3.63) is 102 Å². The first-order valence-corrected chi connectivity index (χ1v) is 11.9. The lowest BCUT2D eigenvalue weighted by Gasteiger charge is -2.18. The predicted octanol–water partition coefficient (Wildman–Crippen LogP) is 7.56. The fourth-order valence-electron chi connectivity index (χ4n) is 3.97. The van der Waals surface area contributed by atoms with E-state index in [9.17, 15) is 0 Å². The maximum Gasteiger partial charge on any atom is 0.119 e. The number of rotatable bonds is 12. The van der Waals surface area contributed by atoms with Crippen molar-refractivity contribution in [1.29, 1.82) is 0 Å². The smallest absolute Gasteiger partial charge is 0.119 e. The first-order chi connectivity index (χ1) is 15.7. The van der Waals surface area contributed by atoms with Gasteiger partial charge in [-0.3, -0.25) is 0 Å². The van der Waals surface area contributed by atoms with Crippen LogP contribution in [0, 0.1) is 0 Å². The molecule has 2 nitrogen and oxygen atoms in total. The molecule has 0 atom stereocenters. The number of nitrogens with zero attached hydrogens (tertiary/aromatic N) is 1. The molecule has 0 aliphatic rings. The molecule has 0 bridgehead atoms. The number of allylic oxidation sites excluding steroid dienone is 1. The largest absolute Gasteiger partial charge is 0.492 e. The zero-order chi connectivity index (χ0) is 22.6. The summed E-state index contributed by atoms with van der Waals surface area (Å²) in [5, 5.41) is 0. The Morgan fingerprint density at radius 1 is 0.688 bits per heavy atom. The van der Waals surface area contributed by atoms with Crippen LogP contribution in [0.15, 0.2) is 84.9 Å². The summed E-state index contributed by atoms with van der Waals surface area (Å²) >= 11 is 0. The average molecular weight is 428 g/mol. The molecule has 0 aliphatic carbocycles. The summed E-state index contributed by atoms with van der Waals surface area (Å²) in [6.45, 7) is 3.87. The zero-order valence-corrected chi connectivity index (χ0v) is 19.9.